The Hall–Kier alpha value is -9.13. The molecule has 1 aliphatic carbocycles. The van der Waals surface area contributed by atoms with Gasteiger partial charge in [0.25, 0.3) is 0 Å². The molecular weight excluding hydrogens is 853 g/mol. The quantitative estimate of drug-likeness (QED) is 0.122. The largest absolute Gasteiger partial charge is 0.427 e. The molecule has 9 aromatic carbocycles. The predicted molar refractivity (Wildman–Crippen MR) is 280 cm³/mol. The van der Waals surface area contributed by atoms with Gasteiger partial charge in [-0.3, -0.25) is 0 Å². The van der Waals surface area contributed by atoms with Crippen LogP contribution in [0.15, 0.2) is 228 Å². The van der Waals surface area contributed by atoms with Crippen LogP contribution in [-0.4, -0.2) is 0 Å². The molecule has 0 radical (unpaired) electrons. The summed E-state index contributed by atoms with van der Waals surface area (Å²) in [7, 11) is 0. The topological polar surface area (TPSA) is 90.6 Å². The van der Waals surface area contributed by atoms with Gasteiger partial charge in [0.05, 0.1) is 16.2 Å². The molecule has 0 atom stereocenters. The van der Waals surface area contributed by atoms with Crippen LogP contribution in [0.3, 0.4) is 0 Å². The van der Waals surface area contributed by atoms with Gasteiger partial charge in [0.2, 0.25) is 0 Å². The van der Waals surface area contributed by atoms with Crippen molar-refractivity contribution in [2.24, 2.45) is 0 Å². The molecule has 3 aromatic heterocycles. The zero-order chi connectivity index (χ0) is 46.2. The molecule has 0 bridgehead atoms. The predicted octanol–water partition coefficient (Wildman–Crippen LogP) is 15.3. The summed E-state index contributed by atoms with van der Waals surface area (Å²) in [4.78, 5) is 39.7. The van der Waals surface area contributed by atoms with Gasteiger partial charge in [-0.05, 0) is 140 Å². The van der Waals surface area contributed by atoms with E-state index >= 15 is 0 Å². The molecule has 0 fully saturated rings. The van der Waals surface area contributed by atoms with Gasteiger partial charge in [-0.25, -0.2) is 14.4 Å². The second-order valence-corrected chi connectivity index (χ2v) is 17.7. The highest BCUT2D eigenvalue weighted by Gasteiger charge is 2.20. The maximum Gasteiger partial charge on any atom is 0.344 e. The molecule has 0 spiro atoms. The van der Waals surface area contributed by atoms with Crippen LogP contribution in [0.25, 0.3) is 127 Å². The first-order valence-corrected chi connectivity index (χ1v) is 23.1. The number of benzene rings is 9. The monoisotopic (exact) mass is 890 g/mol. The summed E-state index contributed by atoms with van der Waals surface area (Å²) in [5.74, 6) is 0.723. The van der Waals surface area contributed by atoms with Crippen molar-refractivity contribution in [1.82, 2.24) is 0 Å². The molecule has 0 amide bonds. The number of aryl methyl sites for hydroxylation is 1. The molecule has 326 valence electrons. The third kappa shape index (κ3) is 6.76. The van der Waals surface area contributed by atoms with Crippen LogP contribution in [-0.2, 0) is 6.42 Å². The molecule has 0 aliphatic heterocycles. The van der Waals surface area contributed by atoms with Gasteiger partial charge in [0.1, 0.15) is 16.9 Å². The first kappa shape index (κ1) is 40.2. The maximum atomic E-state index is 13.2. The molecule has 0 saturated carbocycles. The van der Waals surface area contributed by atoms with E-state index < -0.39 is 0 Å². The molecule has 12 aromatic rings. The van der Waals surface area contributed by atoms with E-state index in [0.29, 0.717) is 33.7 Å². The van der Waals surface area contributed by atoms with Crippen molar-refractivity contribution in [3.8, 4) is 66.8 Å². The highest BCUT2D eigenvalue weighted by atomic mass is 16.4. The number of allylic oxidation sites excluding steroid dienone is 1. The van der Waals surface area contributed by atoms with Gasteiger partial charge >= 0.3 is 16.9 Å². The fraction of sp³-hybridized carbons (Fsp3) is 0.0317. The molecule has 6 nitrogen and oxygen atoms in total. The van der Waals surface area contributed by atoms with Crippen molar-refractivity contribution in [2.45, 2.75) is 12.8 Å². The van der Waals surface area contributed by atoms with E-state index in [1.807, 2.05) is 97.1 Å². The van der Waals surface area contributed by atoms with Crippen LogP contribution >= 0.6 is 0 Å². The summed E-state index contributed by atoms with van der Waals surface area (Å²) in [5, 5.41) is 5.90. The van der Waals surface area contributed by atoms with Crippen molar-refractivity contribution in [2.75, 3.05) is 0 Å². The molecule has 0 N–H and O–H groups in total. The molecule has 0 saturated heterocycles. The van der Waals surface area contributed by atoms with Crippen LogP contribution in [0, 0.1) is 0 Å². The molecule has 13 rings (SSSR count). The van der Waals surface area contributed by atoms with Crippen molar-refractivity contribution in [3.63, 3.8) is 0 Å². The van der Waals surface area contributed by atoms with E-state index in [0.717, 1.165) is 111 Å². The lowest BCUT2D eigenvalue weighted by atomic mass is 9.85. The van der Waals surface area contributed by atoms with Crippen LogP contribution in [0.2, 0.25) is 0 Å². The fourth-order valence-corrected chi connectivity index (χ4v) is 10.4. The summed E-state index contributed by atoms with van der Waals surface area (Å²) in [6, 6.07) is 65.3. The average molecular weight is 891 g/mol. The van der Waals surface area contributed by atoms with Crippen molar-refractivity contribution in [1.29, 1.82) is 0 Å². The number of fused-ring (bicyclic) bond motifs is 9. The van der Waals surface area contributed by atoms with Crippen LogP contribution < -0.4 is 16.9 Å². The Kier molecular flexibility index (Phi) is 9.34. The minimum absolute atomic E-state index is 0.320. The van der Waals surface area contributed by atoms with Crippen LogP contribution in [0.4, 0.5) is 0 Å². The van der Waals surface area contributed by atoms with Gasteiger partial charge in [0.15, 0.2) is 0 Å². The molecule has 0 unspecified atom stereocenters. The lowest BCUT2D eigenvalue weighted by Gasteiger charge is -2.18. The van der Waals surface area contributed by atoms with Crippen LogP contribution in [0.5, 0.6) is 0 Å². The molecule has 3 heterocycles. The summed E-state index contributed by atoms with van der Waals surface area (Å²) < 4.78 is 17.2. The normalized spacial score (nSPS) is 12.3. The first-order valence-electron chi connectivity index (χ1n) is 23.1. The Balaban J connectivity index is 1.04. The molecule has 6 heteroatoms. The number of para-hydroxylation sites is 2. The summed E-state index contributed by atoms with van der Waals surface area (Å²) in [6.07, 6.45) is 5.73. The zero-order valence-corrected chi connectivity index (χ0v) is 37.0. The summed E-state index contributed by atoms with van der Waals surface area (Å²) >= 11 is 0. The van der Waals surface area contributed by atoms with Crippen molar-refractivity contribution >= 4 is 60.3 Å². The van der Waals surface area contributed by atoms with E-state index in [4.69, 9.17) is 13.3 Å². The Morgan fingerprint density at radius 2 is 0.667 bits per heavy atom. The Morgan fingerprint density at radius 3 is 1.12 bits per heavy atom. The summed E-state index contributed by atoms with van der Waals surface area (Å²) in [6.45, 7) is 0. The molecular formula is C63H38O6. The minimum Gasteiger partial charge on any atom is -0.427 e. The van der Waals surface area contributed by atoms with Gasteiger partial charge in [-0.15, -0.1) is 0 Å². The Morgan fingerprint density at radius 1 is 0.304 bits per heavy atom. The highest BCUT2D eigenvalue weighted by Crippen LogP contribution is 2.44. The summed E-state index contributed by atoms with van der Waals surface area (Å²) in [5.41, 5.74) is 13.0. The molecule has 69 heavy (non-hydrogen) atoms. The third-order valence-corrected chi connectivity index (χ3v) is 13.7. The standard InChI is InChI=1S/C63H38O6/c64-61-52-28-25-37(34-55(52)49-19-7-10-22-58(49)67-61)43-13-1-4-16-46(43)40-31-41(47-17-5-2-14-44(47)38-26-29-53-56(35-38)50-20-8-11-23-59(50)68-62(53)65)33-42(32-40)48-18-6-3-15-45(48)39-27-30-54-57(36-39)51-21-9-12-24-60(51)69-63(54)66/h1-11,13-23,25-36H,12,24H2. The van der Waals surface area contributed by atoms with E-state index in [-0.39, 0.29) is 16.9 Å². The van der Waals surface area contributed by atoms with E-state index in [9.17, 15) is 14.4 Å². The fourth-order valence-electron chi connectivity index (χ4n) is 10.4. The number of hydrogen-bond donors (Lipinski definition) is 0. The maximum absolute atomic E-state index is 13.2. The van der Waals surface area contributed by atoms with Crippen molar-refractivity contribution in [3.05, 3.63) is 243 Å². The second kappa shape index (κ2) is 16.0. The minimum atomic E-state index is -0.368. The second-order valence-electron chi connectivity index (χ2n) is 17.7. The van der Waals surface area contributed by atoms with Gasteiger partial charge in [-0.2, -0.15) is 0 Å². The van der Waals surface area contributed by atoms with E-state index in [2.05, 4.69) is 109 Å². The SMILES string of the molecule is O=c1oc2c(c3cc(-c4ccccc4-c4cc(-c5ccccc5-c5ccc6c(=O)oc7ccccc7c6c5)cc(-c5ccccc5-c5ccc6c(=O)oc7ccccc7c6c5)c4)ccc13)C=CCC2. The zero-order valence-electron chi connectivity index (χ0n) is 37.0. The Bertz CT molecular complexity index is 4140. The Labute approximate surface area is 394 Å². The average Bonchev–Trinajstić information content (AvgIpc) is 3.40. The number of rotatable bonds is 6. The number of hydrogen-bond acceptors (Lipinski definition) is 6. The lowest BCUT2D eigenvalue weighted by molar-refractivity contribution is 0.464. The smallest absolute Gasteiger partial charge is 0.344 e. The van der Waals surface area contributed by atoms with Crippen molar-refractivity contribution < 1.29 is 13.3 Å². The van der Waals surface area contributed by atoms with Gasteiger partial charge in [-0.1, -0.05) is 140 Å². The van der Waals surface area contributed by atoms with E-state index in [1.165, 1.54) is 0 Å². The molecule has 1 aliphatic rings. The first-order chi connectivity index (χ1) is 33.9. The van der Waals surface area contributed by atoms with E-state index in [1.54, 1.807) is 0 Å². The van der Waals surface area contributed by atoms with Gasteiger partial charge < -0.3 is 13.3 Å². The van der Waals surface area contributed by atoms with Gasteiger partial charge in [0, 0.05) is 38.9 Å². The highest BCUT2D eigenvalue weighted by molar-refractivity contribution is 6.08. The lowest BCUT2D eigenvalue weighted by Crippen LogP contribution is -2.06. The third-order valence-electron chi connectivity index (χ3n) is 13.7. The van der Waals surface area contributed by atoms with Crippen LogP contribution in [0.1, 0.15) is 17.7 Å².